The quantitative estimate of drug-likeness (QED) is 0.768. The van der Waals surface area contributed by atoms with Gasteiger partial charge in [-0.25, -0.2) is 0 Å². The number of hydrogen-bond donors (Lipinski definition) is 1. The minimum Gasteiger partial charge on any atom is -0.352 e. The normalized spacial score (nSPS) is 28.1. The molecular formula is C12H24N2O. The van der Waals surface area contributed by atoms with Gasteiger partial charge in [-0.05, 0) is 25.3 Å². The zero-order chi connectivity index (χ0) is 11.4. The molecule has 1 fully saturated rings. The molecule has 1 amide bonds. The van der Waals surface area contributed by atoms with E-state index in [0.29, 0.717) is 24.3 Å². The second kappa shape index (κ2) is 5.50. The molecule has 0 radical (unpaired) electrons. The van der Waals surface area contributed by atoms with Crippen LogP contribution in [0.2, 0.25) is 0 Å². The zero-order valence-corrected chi connectivity index (χ0v) is 10.4. The Labute approximate surface area is 93.2 Å². The first-order valence-corrected chi connectivity index (χ1v) is 6.00. The SMILES string of the molecule is CCC(=O)NC1CC(C(C)C)CN(C)C1. The molecule has 0 aromatic heterocycles. The molecule has 88 valence electrons. The van der Waals surface area contributed by atoms with Crippen molar-refractivity contribution in [1.29, 1.82) is 0 Å². The molecular weight excluding hydrogens is 188 g/mol. The summed E-state index contributed by atoms with van der Waals surface area (Å²) in [5.41, 5.74) is 0. The fourth-order valence-corrected chi connectivity index (χ4v) is 2.28. The van der Waals surface area contributed by atoms with Gasteiger partial charge in [0.25, 0.3) is 0 Å². The van der Waals surface area contributed by atoms with Crippen LogP contribution in [0.4, 0.5) is 0 Å². The largest absolute Gasteiger partial charge is 0.352 e. The predicted octanol–water partition coefficient (Wildman–Crippen LogP) is 1.49. The monoisotopic (exact) mass is 212 g/mol. The van der Waals surface area contributed by atoms with Gasteiger partial charge >= 0.3 is 0 Å². The number of nitrogens with one attached hydrogen (secondary N) is 1. The molecule has 3 nitrogen and oxygen atoms in total. The Kier molecular flexibility index (Phi) is 4.58. The molecule has 0 bridgehead atoms. The smallest absolute Gasteiger partial charge is 0.219 e. The van der Waals surface area contributed by atoms with Crippen molar-refractivity contribution in [2.45, 2.75) is 39.7 Å². The summed E-state index contributed by atoms with van der Waals surface area (Å²) in [4.78, 5) is 13.7. The molecule has 1 rings (SSSR count). The summed E-state index contributed by atoms with van der Waals surface area (Å²) in [6.07, 6.45) is 1.72. The number of hydrogen-bond acceptors (Lipinski definition) is 2. The van der Waals surface area contributed by atoms with E-state index in [1.165, 1.54) is 0 Å². The lowest BCUT2D eigenvalue weighted by molar-refractivity contribution is -0.122. The standard InChI is InChI=1S/C12H24N2O/c1-5-12(15)13-11-6-10(9(2)3)7-14(4)8-11/h9-11H,5-8H2,1-4H3,(H,13,15). The lowest BCUT2D eigenvalue weighted by Crippen LogP contribution is -2.50. The maximum absolute atomic E-state index is 11.3. The fourth-order valence-electron chi connectivity index (χ4n) is 2.28. The number of carbonyl (C=O) groups excluding carboxylic acids is 1. The predicted molar refractivity (Wildman–Crippen MR) is 62.7 cm³/mol. The van der Waals surface area contributed by atoms with E-state index in [9.17, 15) is 4.79 Å². The highest BCUT2D eigenvalue weighted by molar-refractivity contribution is 5.75. The van der Waals surface area contributed by atoms with E-state index in [1.807, 2.05) is 6.92 Å². The summed E-state index contributed by atoms with van der Waals surface area (Å²) in [5, 5.41) is 3.10. The summed E-state index contributed by atoms with van der Waals surface area (Å²) < 4.78 is 0. The van der Waals surface area contributed by atoms with Gasteiger partial charge in [0.15, 0.2) is 0 Å². The number of piperidine rings is 1. The second-order valence-electron chi connectivity index (χ2n) is 5.08. The van der Waals surface area contributed by atoms with Gasteiger partial charge in [0.2, 0.25) is 5.91 Å². The molecule has 0 saturated carbocycles. The molecule has 2 unspecified atom stereocenters. The molecule has 1 aliphatic heterocycles. The number of amides is 1. The van der Waals surface area contributed by atoms with E-state index in [2.05, 4.69) is 31.1 Å². The van der Waals surface area contributed by atoms with Crippen LogP contribution >= 0.6 is 0 Å². The average molecular weight is 212 g/mol. The Bertz CT molecular complexity index is 216. The van der Waals surface area contributed by atoms with Gasteiger partial charge in [-0.1, -0.05) is 20.8 Å². The van der Waals surface area contributed by atoms with Crippen molar-refractivity contribution < 1.29 is 4.79 Å². The maximum atomic E-state index is 11.3. The molecule has 2 atom stereocenters. The number of rotatable bonds is 3. The number of likely N-dealkylation sites (tertiary alicyclic amines) is 1. The summed E-state index contributed by atoms with van der Waals surface area (Å²) in [5.74, 6) is 1.59. The Balaban J connectivity index is 2.48. The van der Waals surface area contributed by atoms with Crippen LogP contribution in [0.1, 0.15) is 33.6 Å². The van der Waals surface area contributed by atoms with Crippen LogP contribution in [0.15, 0.2) is 0 Å². The highest BCUT2D eigenvalue weighted by atomic mass is 16.1. The fraction of sp³-hybridized carbons (Fsp3) is 0.917. The summed E-state index contributed by atoms with van der Waals surface area (Å²) in [6.45, 7) is 8.60. The zero-order valence-electron chi connectivity index (χ0n) is 10.4. The second-order valence-corrected chi connectivity index (χ2v) is 5.08. The molecule has 1 N–H and O–H groups in total. The van der Waals surface area contributed by atoms with Gasteiger partial charge in [-0.2, -0.15) is 0 Å². The first-order valence-electron chi connectivity index (χ1n) is 6.00. The van der Waals surface area contributed by atoms with E-state index < -0.39 is 0 Å². The van der Waals surface area contributed by atoms with Crippen LogP contribution < -0.4 is 5.32 Å². The first-order chi connectivity index (χ1) is 7.02. The van der Waals surface area contributed by atoms with Crippen LogP contribution in [0, 0.1) is 11.8 Å². The van der Waals surface area contributed by atoms with Crippen LogP contribution in [-0.2, 0) is 4.79 Å². The maximum Gasteiger partial charge on any atom is 0.219 e. The topological polar surface area (TPSA) is 32.3 Å². The molecule has 0 aliphatic carbocycles. The van der Waals surface area contributed by atoms with Gasteiger partial charge < -0.3 is 10.2 Å². The lowest BCUT2D eigenvalue weighted by atomic mass is 9.86. The van der Waals surface area contributed by atoms with Crippen LogP contribution in [0.5, 0.6) is 0 Å². The summed E-state index contributed by atoms with van der Waals surface area (Å²) in [6, 6.07) is 0.351. The third kappa shape index (κ3) is 3.82. The van der Waals surface area contributed by atoms with Crippen LogP contribution in [0.3, 0.4) is 0 Å². The first kappa shape index (κ1) is 12.5. The molecule has 1 saturated heterocycles. The third-order valence-electron chi connectivity index (χ3n) is 3.29. The highest BCUT2D eigenvalue weighted by Crippen LogP contribution is 2.22. The van der Waals surface area contributed by atoms with Crippen LogP contribution in [-0.4, -0.2) is 37.0 Å². The minimum atomic E-state index is 0.179. The summed E-state index contributed by atoms with van der Waals surface area (Å²) >= 11 is 0. The van der Waals surface area contributed by atoms with Crippen molar-refractivity contribution in [2.75, 3.05) is 20.1 Å². The van der Waals surface area contributed by atoms with Crippen molar-refractivity contribution >= 4 is 5.91 Å². The van der Waals surface area contributed by atoms with Gasteiger partial charge in [0.1, 0.15) is 0 Å². The van der Waals surface area contributed by atoms with Gasteiger partial charge in [-0.3, -0.25) is 4.79 Å². The van der Waals surface area contributed by atoms with E-state index in [0.717, 1.165) is 19.5 Å². The molecule has 1 heterocycles. The van der Waals surface area contributed by atoms with Crippen molar-refractivity contribution in [3.63, 3.8) is 0 Å². The van der Waals surface area contributed by atoms with Crippen molar-refractivity contribution in [1.82, 2.24) is 10.2 Å². The minimum absolute atomic E-state index is 0.179. The highest BCUT2D eigenvalue weighted by Gasteiger charge is 2.27. The van der Waals surface area contributed by atoms with E-state index in [4.69, 9.17) is 0 Å². The van der Waals surface area contributed by atoms with Crippen molar-refractivity contribution in [3.8, 4) is 0 Å². The molecule has 0 aromatic rings. The Hall–Kier alpha value is -0.570. The third-order valence-corrected chi connectivity index (χ3v) is 3.29. The summed E-state index contributed by atoms with van der Waals surface area (Å²) in [7, 11) is 2.14. The number of carbonyl (C=O) groups is 1. The average Bonchev–Trinajstić information content (AvgIpc) is 2.16. The van der Waals surface area contributed by atoms with Crippen molar-refractivity contribution in [2.24, 2.45) is 11.8 Å². The molecule has 3 heteroatoms. The van der Waals surface area contributed by atoms with E-state index in [1.54, 1.807) is 0 Å². The Morgan fingerprint density at radius 2 is 2.13 bits per heavy atom. The number of likely N-dealkylation sites (N-methyl/N-ethyl adjacent to an activating group) is 1. The molecule has 0 aromatic carbocycles. The lowest BCUT2D eigenvalue weighted by Gasteiger charge is -2.37. The van der Waals surface area contributed by atoms with Gasteiger partial charge in [-0.15, -0.1) is 0 Å². The molecule has 1 aliphatic rings. The van der Waals surface area contributed by atoms with Gasteiger partial charge in [0, 0.05) is 25.6 Å². The van der Waals surface area contributed by atoms with E-state index in [-0.39, 0.29) is 5.91 Å². The van der Waals surface area contributed by atoms with Gasteiger partial charge in [0.05, 0.1) is 0 Å². The molecule has 15 heavy (non-hydrogen) atoms. The molecule has 0 spiro atoms. The Morgan fingerprint density at radius 1 is 1.47 bits per heavy atom. The number of nitrogens with zero attached hydrogens (tertiary/aromatic N) is 1. The van der Waals surface area contributed by atoms with Crippen molar-refractivity contribution in [3.05, 3.63) is 0 Å². The Morgan fingerprint density at radius 3 is 2.67 bits per heavy atom. The van der Waals surface area contributed by atoms with Crippen LogP contribution in [0.25, 0.3) is 0 Å². The van der Waals surface area contributed by atoms with E-state index >= 15 is 0 Å².